The van der Waals surface area contributed by atoms with Gasteiger partial charge in [0.05, 0.1) is 6.07 Å². The highest BCUT2D eigenvalue weighted by Crippen LogP contribution is 2.15. The molecule has 1 atom stereocenters. The first-order chi connectivity index (χ1) is 10.3. The Hall–Kier alpha value is -1.84. The van der Waals surface area contributed by atoms with E-state index in [0.717, 1.165) is 0 Å². The van der Waals surface area contributed by atoms with Gasteiger partial charge < -0.3 is 10.6 Å². The van der Waals surface area contributed by atoms with Crippen LogP contribution in [0.15, 0.2) is 12.1 Å². The molecule has 6 nitrogen and oxygen atoms in total. The molecular formula is C14H16Cl2N4O2. The molecule has 0 unspecified atom stereocenters. The van der Waals surface area contributed by atoms with Crippen molar-refractivity contribution in [3.63, 3.8) is 0 Å². The molecule has 1 aromatic heterocycles. The van der Waals surface area contributed by atoms with Crippen molar-refractivity contribution in [3.8, 4) is 6.07 Å². The maximum Gasteiger partial charge on any atom is 0.252 e. The van der Waals surface area contributed by atoms with E-state index in [9.17, 15) is 9.59 Å². The Balaban J connectivity index is 2.86. The van der Waals surface area contributed by atoms with E-state index in [4.69, 9.17) is 28.5 Å². The first kappa shape index (κ1) is 18.2. The van der Waals surface area contributed by atoms with Gasteiger partial charge in [-0.25, -0.2) is 4.98 Å². The number of carbonyl (C=O) groups excluding carboxylic acids is 2. The van der Waals surface area contributed by atoms with Gasteiger partial charge in [0, 0.05) is 5.56 Å². The quantitative estimate of drug-likeness (QED) is 0.611. The number of hydrogen-bond acceptors (Lipinski definition) is 4. The molecule has 0 radical (unpaired) electrons. The minimum atomic E-state index is -0.744. The van der Waals surface area contributed by atoms with Gasteiger partial charge in [0.25, 0.3) is 5.91 Å². The molecule has 1 heterocycles. The Morgan fingerprint density at radius 1 is 1.32 bits per heavy atom. The van der Waals surface area contributed by atoms with Crippen molar-refractivity contribution in [2.75, 3.05) is 6.54 Å². The van der Waals surface area contributed by atoms with Gasteiger partial charge in [-0.1, -0.05) is 37.0 Å². The molecule has 118 valence electrons. The van der Waals surface area contributed by atoms with E-state index in [2.05, 4.69) is 15.6 Å². The summed E-state index contributed by atoms with van der Waals surface area (Å²) in [4.78, 5) is 28.0. The van der Waals surface area contributed by atoms with E-state index in [-0.39, 0.29) is 28.3 Å². The largest absolute Gasteiger partial charge is 0.341 e. The van der Waals surface area contributed by atoms with E-state index < -0.39 is 17.9 Å². The Labute approximate surface area is 138 Å². The number of halogens is 2. The van der Waals surface area contributed by atoms with Crippen LogP contribution in [0.1, 0.15) is 30.6 Å². The predicted molar refractivity (Wildman–Crippen MR) is 83.6 cm³/mol. The fourth-order valence-electron chi connectivity index (χ4n) is 1.79. The number of rotatable bonds is 6. The lowest BCUT2D eigenvalue weighted by molar-refractivity contribution is -0.123. The normalized spacial score (nSPS) is 11.6. The zero-order valence-corrected chi connectivity index (χ0v) is 13.7. The van der Waals surface area contributed by atoms with Crippen LogP contribution in [0.2, 0.25) is 10.3 Å². The van der Waals surface area contributed by atoms with E-state index in [1.54, 1.807) is 0 Å². The summed E-state index contributed by atoms with van der Waals surface area (Å²) in [6.07, 6.45) is 0.440. The summed E-state index contributed by atoms with van der Waals surface area (Å²) in [6.45, 7) is 3.74. The van der Waals surface area contributed by atoms with Gasteiger partial charge in [0.2, 0.25) is 5.91 Å². The highest BCUT2D eigenvalue weighted by Gasteiger charge is 2.22. The second-order valence-electron chi connectivity index (χ2n) is 5.03. The molecular weight excluding hydrogens is 327 g/mol. The van der Waals surface area contributed by atoms with Gasteiger partial charge in [0.15, 0.2) is 0 Å². The van der Waals surface area contributed by atoms with Crippen LogP contribution in [0.4, 0.5) is 0 Å². The van der Waals surface area contributed by atoms with Gasteiger partial charge in [-0.3, -0.25) is 9.59 Å². The average molecular weight is 343 g/mol. The van der Waals surface area contributed by atoms with E-state index in [0.29, 0.717) is 6.42 Å². The zero-order valence-electron chi connectivity index (χ0n) is 12.2. The molecule has 2 amide bonds. The molecule has 0 bridgehead atoms. The molecule has 0 saturated carbocycles. The summed E-state index contributed by atoms with van der Waals surface area (Å²) in [5, 5.41) is 13.8. The van der Waals surface area contributed by atoms with Gasteiger partial charge in [-0.05, 0) is 24.5 Å². The molecule has 0 aliphatic rings. The third kappa shape index (κ3) is 5.88. The minimum absolute atomic E-state index is 0.0898. The SMILES string of the molecule is CC(C)C[C@H](NC(=O)c1cc(Cl)nc(Cl)c1)C(=O)NCC#N. The van der Waals surface area contributed by atoms with Crippen molar-refractivity contribution in [2.24, 2.45) is 5.92 Å². The minimum Gasteiger partial charge on any atom is -0.341 e. The monoisotopic (exact) mass is 342 g/mol. The first-order valence-corrected chi connectivity index (χ1v) is 7.37. The zero-order chi connectivity index (χ0) is 16.7. The molecule has 0 aliphatic heterocycles. The van der Waals surface area contributed by atoms with Crippen LogP contribution in [-0.2, 0) is 4.79 Å². The number of nitrogens with one attached hydrogen (secondary N) is 2. The second-order valence-corrected chi connectivity index (χ2v) is 5.81. The van der Waals surface area contributed by atoms with Crippen LogP contribution >= 0.6 is 23.2 Å². The van der Waals surface area contributed by atoms with E-state index in [1.807, 2.05) is 19.9 Å². The van der Waals surface area contributed by atoms with Crippen LogP contribution in [0.3, 0.4) is 0 Å². The molecule has 22 heavy (non-hydrogen) atoms. The molecule has 1 aromatic rings. The van der Waals surface area contributed by atoms with Crippen molar-refractivity contribution in [1.29, 1.82) is 5.26 Å². The second kappa shape index (κ2) is 8.57. The lowest BCUT2D eigenvalue weighted by Crippen LogP contribution is -2.47. The summed E-state index contributed by atoms with van der Waals surface area (Å²) >= 11 is 11.5. The van der Waals surface area contributed by atoms with Gasteiger partial charge in [0.1, 0.15) is 22.9 Å². The summed E-state index contributed by atoms with van der Waals surface area (Å²) in [5.74, 6) is -0.707. The van der Waals surface area contributed by atoms with Crippen LogP contribution in [0.25, 0.3) is 0 Å². The molecule has 0 fully saturated rings. The number of nitriles is 1. The molecule has 0 spiro atoms. The molecule has 0 saturated heterocycles. The highest BCUT2D eigenvalue weighted by molar-refractivity contribution is 6.33. The fraction of sp³-hybridized carbons (Fsp3) is 0.429. The Kier molecular flexibility index (Phi) is 7.09. The van der Waals surface area contributed by atoms with Crippen molar-refractivity contribution < 1.29 is 9.59 Å². The van der Waals surface area contributed by atoms with Crippen molar-refractivity contribution in [1.82, 2.24) is 15.6 Å². The average Bonchev–Trinajstić information content (AvgIpc) is 2.42. The van der Waals surface area contributed by atoms with Crippen LogP contribution < -0.4 is 10.6 Å². The predicted octanol–water partition coefficient (Wildman–Crippen LogP) is 2.17. The number of pyridine rings is 1. The smallest absolute Gasteiger partial charge is 0.252 e. The summed E-state index contributed by atoms with van der Waals surface area (Å²) in [5.41, 5.74) is 0.215. The van der Waals surface area contributed by atoms with Crippen LogP contribution in [-0.4, -0.2) is 29.4 Å². The number of carbonyl (C=O) groups is 2. The van der Waals surface area contributed by atoms with Crippen molar-refractivity contribution in [3.05, 3.63) is 28.0 Å². The van der Waals surface area contributed by atoms with Crippen LogP contribution in [0, 0.1) is 17.2 Å². The molecule has 2 N–H and O–H groups in total. The number of amides is 2. The highest BCUT2D eigenvalue weighted by atomic mass is 35.5. The topological polar surface area (TPSA) is 94.9 Å². The molecule has 0 aliphatic carbocycles. The fourth-order valence-corrected chi connectivity index (χ4v) is 2.25. The van der Waals surface area contributed by atoms with Gasteiger partial charge in [-0.15, -0.1) is 0 Å². The van der Waals surface area contributed by atoms with Crippen molar-refractivity contribution in [2.45, 2.75) is 26.3 Å². The van der Waals surface area contributed by atoms with E-state index in [1.165, 1.54) is 12.1 Å². The molecule has 1 rings (SSSR count). The van der Waals surface area contributed by atoms with Crippen LogP contribution in [0.5, 0.6) is 0 Å². The van der Waals surface area contributed by atoms with E-state index >= 15 is 0 Å². The third-order valence-electron chi connectivity index (χ3n) is 2.70. The third-order valence-corrected chi connectivity index (χ3v) is 3.08. The lowest BCUT2D eigenvalue weighted by Gasteiger charge is -2.19. The molecule has 8 heteroatoms. The molecule has 0 aromatic carbocycles. The summed E-state index contributed by atoms with van der Waals surface area (Å²) in [6, 6.07) is 3.80. The Bertz CT molecular complexity index is 579. The maximum absolute atomic E-state index is 12.2. The summed E-state index contributed by atoms with van der Waals surface area (Å²) in [7, 11) is 0. The van der Waals surface area contributed by atoms with Crippen molar-refractivity contribution >= 4 is 35.0 Å². The van der Waals surface area contributed by atoms with Gasteiger partial charge in [-0.2, -0.15) is 5.26 Å². The Morgan fingerprint density at radius 3 is 2.41 bits per heavy atom. The summed E-state index contributed by atoms with van der Waals surface area (Å²) < 4.78 is 0. The number of nitrogens with zero attached hydrogens (tertiary/aromatic N) is 2. The lowest BCUT2D eigenvalue weighted by atomic mass is 10.0. The number of hydrogen-bond donors (Lipinski definition) is 2. The number of aromatic nitrogens is 1. The van der Waals surface area contributed by atoms with Gasteiger partial charge >= 0.3 is 0 Å². The standard InChI is InChI=1S/C14H16Cl2N4O2/c1-8(2)5-10(14(22)18-4-3-17)19-13(21)9-6-11(15)20-12(16)7-9/h6-8,10H,4-5H2,1-2H3,(H,18,22)(H,19,21)/t10-/m0/s1. The first-order valence-electron chi connectivity index (χ1n) is 6.62. The maximum atomic E-state index is 12.2. The Morgan fingerprint density at radius 2 is 1.91 bits per heavy atom.